The first-order valence-corrected chi connectivity index (χ1v) is 7.91. The number of nitriles is 1. The number of likely N-dealkylation sites (N-methyl/N-ethyl adjacent to an activating group) is 1. The van der Waals surface area contributed by atoms with Crippen molar-refractivity contribution < 1.29 is 9.59 Å². The van der Waals surface area contributed by atoms with Crippen molar-refractivity contribution in [1.82, 2.24) is 5.32 Å². The number of hydrogen-bond acceptors (Lipinski definition) is 4. The number of amides is 2. The molecule has 1 atom stereocenters. The quantitative estimate of drug-likeness (QED) is 0.681. The van der Waals surface area contributed by atoms with Crippen molar-refractivity contribution in [2.45, 2.75) is 18.6 Å². The average molecular weight is 336 g/mol. The van der Waals surface area contributed by atoms with Gasteiger partial charge in [0.2, 0.25) is 5.91 Å². The maximum absolute atomic E-state index is 12.6. The van der Waals surface area contributed by atoms with Gasteiger partial charge in [0.05, 0.1) is 5.25 Å². The molecular weight excluding hydrogens is 322 g/mol. The van der Waals surface area contributed by atoms with Crippen molar-refractivity contribution in [1.29, 1.82) is 5.26 Å². The number of anilines is 1. The summed E-state index contributed by atoms with van der Waals surface area (Å²) in [4.78, 5) is 25.9. The molecule has 1 heterocycles. The maximum Gasteiger partial charge on any atom is 0.264 e. The predicted octanol–water partition coefficient (Wildman–Crippen LogP) is 2.68. The fraction of sp³-hybridized carbons (Fsp3) is 0.267. The van der Waals surface area contributed by atoms with Gasteiger partial charge in [-0.1, -0.05) is 30.3 Å². The van der Waals surface area contributed by atoms with Crippen LogP contribution in [0.3, 0.4) is 0 Å². The standard InChI is InChI=1S/C15H14ClN3O2S/c1-3-12-14(21)19(10-6-4-9(16)5-7-10)15(22-12)11(8-17)13(20)18-2/h4-7,12H,3H2,1-2H3,(H,18,20)/b15-11+/t12-/m1/s1. The Bertz CT molecular complexity index is 679. The molecule has 1 N–H and O–H groups in total. The van der Waals surface area contributed by atoms with Gasteiger partial charge in [0.1, 0.15) is 16.7 Å². The van der Waals surface area contributed by atoms with E-state index in [-0.39, 0.29) is 16.7 Å². The number of nitrogens with one attached hydrogen (secondary N) is 1. The van der Waals surface area contributed by atoms with Crippen molar-refractivity contribution in [3.63, 3.8) is 0 Å². The number of nitrogens with zero attached hydrogens (tertiary/aromatic N) is 2. The topological polar surface area (TPSA) is 73.2 Å². The molecule has 114 valence electrons. The van der Waals surface area contributed by atoms with Gasteiger partial charge in [-0.3, -0.25) is 14.5 Å². The fourth-order valence-electron chi connectivity index (χ4n) is 2.07. The van der Waals surface area contributed by atoms with Gasteiger partial charge in [0, 0.05) is 17.8 Å². The summed E-state index contributed by atoms with van der Waals surface area (Å²) in [6, 6.07) is 8.61. The Hall–Kier alpha value is -1.97. The van der Waals surface area contributed by atoms with Gasteiger partial charge in [0.25, 0.3) is 5.91 Å². The van der Waals surface area contributed by atoms with Crippen LogP contribution < -0.4 is 10.2 Å². The van der Waals surface area contributed by atoms with E-state index < -0.39 is 5.91 Å². The smallest absolute Gasteiger partial charge is 0.264 e. The van der Waals surface area contributed by atoms with E-state index in [1.807, 2.05) is 13.0 Å². The van der Waals surface area contributed by atoms with E-state index in [1.54, 1.807) is 24.3 Å². The highest BCUT2D eigenvalue weighted by Crippen LogP contribution is 2.41. The van der Waals surface area contributed by atoms with Gasteiger partial charge < -0.3 is 5.32 Å². The van der Waals surface area contributed by atoms with Crippen LogP contribution >= 0.6 is 23.4 Å². The number of rotatable bonds is 3. The van der Waals surface area contributed by atoms with Gasteiger partial charge in [-0.15, -0.1) is 0 Å². The molecule has 0 unspecified atom stereocenters. The van der Waals surface area contributed by atoms with Crippen molar-refractivity contribution in [3.05, 3.63) is 39.9 Å². The van der Waals surface area contributed by atoms with E-state index in [0.717, 1.165) is 0 Å². The molecule has 5 nitrogen and oxygen atoms in total. The molecule has 1 aromatic carbocycles. The van der Waals surface area contributed by atoms with Crippen LogP contribution in [0.5, 0.6) is 0 Å². The van der Waals surface area contributed by atoms with Crippen molar-refractivity contribution in [2.24, 2.45) is 0 Å². The Morgan fingerprint density at radius 2 is 2.09 bits per heavy atom. The summed E-state index contributed by atoms with van der Waals surface area (Å²) >= 11 is 7.11. The molecule has 1 saturated heterocycles. The highest BCUT2D eigenvalue weighted by molar-refractivity contribution is 8.05. The molecule has 1 fully saturated rings. The van der Waals surface area contributed by atoms with Crippen LogP contribution in [0, 0.1) is 11.3 Å². The summed E-state index contributed by atoms with van der Waals surface area (Å²) in [5.41, 5.74) is 0.524. The van der Waals surface area contributed by atoms with E-state index in [1.165, 1.54) is 23.7 Å². The van der Waals surface area contributed by atoms with Crippen molar-refractivity contribution in [3.8, 4) is 6.07 Å². The van der Waals surface area contributed by atoms with Gasteiger partial charge in [0.15, 0.2) is 0 Å². The lowest BCUT2D eigenvalue weighted by atomic mass is 10.2. The van der Waals surface area contributed by atoms with Crippen LogP contribution in [0.2, 0.25) is 5.02 Å². The van der Waals surface area contributed by atoms with Gasteiger partial charge in [-0.05, 0) is 30.7 Å². The lowest BCUT2D eigenvalue weighted by Gasteiger charge is -2.18. The number of thioether (sulfide) groups is 1. The molecule has 2 amide bonds. The second-order valence-electron chi connectivity index (χ2n) is 4.54. The van der Waals surface area contributed by atoms with Gasteiger partial charge >= 0.3 is 0 Å². The molecule has 0 radical (unpaired) electrons. The van der Waals surface area contributed by atoms with Gasteiger partial charge in [-0.2, -0.15) is 5.26 Å². The van der Waals surface area contributed by atoms with Gasteiger partial charge in [-0.25, -0.2) is 0 Å². The first kappa shape index (κ1) is 16.4. The van der Waals surface area contributed by atoms with Crippen LogP contribution in [0.25, 0.3) is 0 Å². The zero-order valence-corrected chi connectivity index (χ0v) is 13.7. The molecular formula is C15H14ClN3O2S. The highest BCUT2D eigenvalue weighted by atomic mass is 35.5. The molecule has 0 aromatic heterocycles. The average Bonchev–Trinajstić information content (AvgIpc) is 2.85. The molecule has 0 aliphatic carbocycles. The summed E-state index contributed by atoms with van der Waals surface area (Å²) < 4.78 is 0. The number of halogens is 1. The monoisotopic (exact) mass is 335 g/mol. The SMILES string of the molecule is CC[C@H]1S/C(=C(\C#N)C(=O)NC)N(c2ccc(Cl)cc2)C1=O. The Kier molecular flexibility index (Phi) is 5.11. The van der Waals surface area contributed by atoms with Crippen LogP contribution in [0.1, 0.15) is 13.3 Å². The van der Waals surface area contributed by atoms with E-state index in [9.17, 15) is 14.9 Å². The third-order valence-corrected chi connectivity index (χ3v) is 4.87. The molecule has 7 heteroatoms. The Morgan fingerprint density at radius 1 is 1.45 bits per heavy atom. The number of hydrogen-bond donors (Lipinski definition) is 1. The van der Waals surface area contributed by atoms with E-state index in [2.05, 4.69) is 5.32 Å². The molecule has 2 rings (SSSR count). The predicted molar refractivity (Wildman–Crippen MR) is 87.3 cm³/mol. The van der Waals surface area contributed by atoms with Crippen LogP contribution in [0.15, 0.2) is 34.9 Å². The summed E-state index contributed by atoms with van der Waals surface area (Å²) in [5.74, 6) is -0.644. The van der Waals surface area contributed by atoms with Crippen LogP contribution in [0.4, 0.5) is 5.69 Å². The Labute approximate surface area is 137 Å². The molecule has 22 heavy (non-hydrogen) atoms. The largest absolute Gasteiger partial charge is 0.354 e. The lowest BCUT2D eigenvalue weighted by molar-refractivity contribution is -0.117. The Balaban J connectivity index is 2.57. The highest BCUT2D eigenvalue weighted by Gasteiger charge is 2.39. The maximum atomic E-state index is 12.6. The summed E-state index contributed by atoms with van der Waals surface area (Å²) in [6.07, 6.45) is 0.615. The first-order valence-electron chi connectivity index (χ1n) is 6.66. The normalized spacial score (nSPS) is 19.8. The lowest BCUT2D eigenvalue weighted by Crippen LogP contribution is -2.30. The third kappa shape index (κ3) is 2.96. The minimum atomic E-state index is -0.506. The zero-order chi connectivity index (χ0) is 16.3. The van der Waals surface area contributed by atoms with Crippen molar-refractivity contribution >= 4 is 40.9 Å². The van der Waals surface area contributed by atoms with E-state index in [0.29, 0.717) is 22.2 Å². The molecule has 0 saturated carbocycles. The number of carbonyl (C=O) groups excluding carboxylic acids is 2. The Morgan fingerprint density at radius 3 is 2.59 bits per heavy atom. The van der Waals surface area contributed by atoms with Crippen LogP contribution in [-0.4, -0.2) is 24.1 Å². The minimum Gasteiger partial charge on any atom is -0.354 e. The van der Waals surface area contributed by atoms with E-state index >= 15 is 0 Å². The fourth-order valence-corrected chi connectivity index (χ4v) is 3.39. The van der Waals surface area contributed by atoms with Crippen molar-refractivity contribution in [2.75, 3.05) is 11.9 Å². The zero-order valence-electron chi connectivity index (χ0n) is 12.1. The minimum absolute atomic E-state index is 0.0632. The molecule has 1 aromatic rings. The second-order valence-corrected chi connectivity index (χ2v) is 6.16. The summed E-state index contributed by atoms with van der Waals surface area (Å²) in [7, 11) is 1.45. The number of benzene rings is 1. The second kappa shape index (κ2) is 6.86. The number of carbonyl (C=O) groups is 2. The van der Waals surface area contributed by atoms with Crippen LogP contribution in [-0.2, 0) is 9.59 Å². The molecule has 1 aliphatic rings. The summed E-state index contributed by atoms with van der Waals surface area (Å²) in [6.45, 7) is 1.89. The van der Waals surface area contributed by atoms with E-state index in [4.69, 9.17) is 11.6 Å². The third-order valence-electron chi connectivity index (χ3n) is 3.19. The first-order chi connectivity index (χ1) is 10.5. The molecule has 0 bridgehead atoms. The molecule has 1 aliphatic heterocycles. The summed E-state index contributed by atoms with van der Waals surface area (Å²) in [5, 5.41) is 12.3. The molecule has 0 spiro atoms.